The average molecular weight is 211 g/mol. The molecule has 0 atom stereocenters. The van der Waals surface area contributed by atoms with Crippen LogP contribution in [0.25, 0.3) is 0 Å². The fourth-order valence-electron chi connectivity index (χ4n) is 0.984. The summed E-state index contributed by atoms with van der Waals surface area (Å²) in [6.45, 7) is 1.90. The summed E-state index contributed by atoms with van der Waals surface area (Å²) in [6, 6.07) is 6.98. The van der Waals surface area contributed by atoms with E-state index in [1.54, 1.807) is 24.3 Å². The lowest BCUT2D eigenvalue weighted by Gasteiger charge is -1.98. The number of aryl methyl sites for hydroxylation is 1. The first-order chi connectivity index (χ1) is 6.53. The Hall–Kier alpha value is -1.45. The van der Waals surface area contributed by atoms with Gasteiger partial charge in [0.2, 0.25) is 0 Å². The Morgan fingerprint density at radius 3 is 2.36 bits per heavy atom. The van der Waals surface area contributed by atoms with Gasteiger partial charge in [0.1, 0.15) is 0 Å². The first-order valence-corrected chi connectivity index (χ1v) is 5.52. The van der Waals surface area contributed by atoms with E-state index in [4.69, 9.17) is 0 Å². The van der Waals surface area contributed by atoms with Crippen LogP contribution in [-0.2, 0) is 20.6 Å². The standard InChI is InChI=1S/C9H9NO3S/c1-8-2-4-9(5-3-8)6-14(12,13)10-7-11/h2-5H,6H2,1H3. The smallest absolute Gasteiger partial charge is 0.210 e. The zero-order valence-corrected chi connectivity index (χ0v) is 8.41. The highest BCUT2D eigenvalue weighted by Gasteiger charge is 2.08. The average Bonchev–Trinajstić information content (AvgIpc) is 2.08. The van der Waals surface area contributed by atoms with Crippen molar-refractivity contribution >= 4 is 16.1 Å². The van der Waals surface area contributed by atoms with Crippen LogP contribution in [0.3, 0.4) is 0 Å². The van der Waals surface area contributed by atoms with Gasteiger partial charge in [-0.25, -0.2) is 13.2 Å². The van der Waals surface area contributed by atoms with Crippen LogP contribution < -0.4 is 0 Å². The third kappa shape index (κ3) is 3.12. The fraction of sp³-hybridized carbons (Fsp3) is 0.222. The minimum Gasteiger partial charge on any atom is -0.210 e. The first-order valence-electron chi connectivity index (χ1n) is 3.91. The highest BCUT2D eigenvalue weighted by molar-refractivity contribution is 7.89. The molecule has 0 aromatic heterocycles. The van der Waals surface area contributed by atoms with Crippen molar-refractivity contribution in [3.8, 4) is 0 Å². The molecule has 74 valence electrons. The number of rotatable bonds is 3. The third-order valence-corrected chi connectivity index (χ3v) is 2.70. The van der Waals surface area contributed by atoms with Crippen molar-refractivity contribution in [3.05, 3.63) is 35.4 Å². The quantitative estimate of drug-likeness (QED) is 0.556. The monoisotopic (exact) mass is 211 g/mol. The second-order valence-corrected chi connectivity index (χ2v) is 4.53. The predicted molar refractivity (Wildman–Crippen MR) is 51.9 cm³/mol. The summed E-state index contributed by atoms with van der Waals surface area (Å²) >= 11 is 0. The van der Waals surface area contributed by atoms with Crippen molar-refractivity contribution in [2.24, 2.45) is 4.40 Å². The Morgan fingerprint density at radius 1 is 1.29 bits per heavy atom. The lowest BCUT2D eigenvalue weighted by Crippen LogP contribution is -1.99. The molecule has 0 aliphatic carbocycles. The molecule has 0 spiro atoms. The van der Waals surface area contributed by atoms with E-state index in [1.807, 2.05) is 6.92 Å². The van der Waals surface area contributed by atoms with Gasteiger partial charge in [0.25, 0.3) is 16.1 Å². The van der Waals surface area contributed by atoms with Gasteiger partial charge in [0.15, 0.2) is 0 Å². The molecule has 1 aromatic carbocycles. The van der Waals surface area contributed by atoms with Crippen LogP contribution in [0.1, 0.15) is 11.1 Å². The molecule has 1 aromatic rings. The van der Waals surface area contributed by atoms with Crippen molar-refractivity contribution in [1.29, 1.82) is 0 Å². The van der Waals surface area contributed by atoms with Crippen LogP contribution >= 0.6 is 0 Å². The van der Waals surface area contributed by atoms with E-state index >= 15 is 0 Å². The maximum atomic E-state index is 11.1. The van der Waals surface area contributed by atoms with Gasteiger partial charge in [0.05, 0.1) is 5.75 Å². The topological polar surface area (TPSA) is 63.6 Å². The van der Waals surface area contributed by atoms with E-state index < -0.39 is 10.0 Å². The lowest BCUT2D eigenvalue weighted by molar-refractivity contribution is 0.563. The molecule has 0 aliphatic rings. The third-order valence-electron chi connectivity index (χ3n) is 1.65. The van der Waals surface area contributed by atoms with Crippen LogP contribution in [0.5, 0.6) is 0 Å². The lowest BCUT2D eigenvalue weighted by atomic mass is 10.2. The van der Waals surface area contributed by atoms with Gasteiger partial charge in [-0.05, 0) is 12.5 Å². The van der Waals surface area contributed by atoms with Gasteiger partial charge < -0.3 is 0 Å². The van der Waals surface area contributed by atoms with Gasteiger partial charge in [0, 0.05) is 0 Å². The summed E-state index contributed by atoms with van der Waals surface area (Å²) in [5.41, 5.74) is 1.65. The van der Waals surface area contributed by atoms with E-state index in [0.717, 1.165) is 11.6 Å². The summed E-state index contributed by atoms with van der Waals surface area (Å²) in [7, 11) is -3.70. The van der Waals surface area contributed by atoms with Crippen LogP contribution in [0, 0.1) is 6.92 Å². The Balaban J connectivity index is 2.90. The molecule has 14 heavy (non-hydrogen) atoms. The van der Waals surface area contributed by atoms with Crippen LogP contribution in [0.15, 0.2) is 28.7 Å². The second kappa shape index (κ2) is 4.17. The van der Waals surface area contributed by atoms with E-state index in [2.05, 4.69) is 4.40 Å². The molecule has 0 fully saturated rings. The minimum absolute atomic E-state index is 0.261. The molecule has 5 heteroatoms. The highest BCUT2D eigenvalue weighted by atomic mass is 32.2. The summed E-state index contributed by atoms with van der Waals surface area (Å²) in [5.74, 6) is -0.261. The van der Waals surface area contributed by atoms with Crippen molar-refractivity contribution in [1.82, 2.24) is 0 Å². The molecule has 0 bridgehead atoms. The molecule has 1 rings (SSSR count). The molecule has 0 saturated heterocycles. The Morgan fingerprint density at radius 2 is 1.86 bits per heavy atom. The van der Waals surface area contributed by atoms with Gasteiger partial charge in [-0.3, -0.25) is 0 Å². The van der Waals surface area contributed by atoms with Gasteiger partial charge in [-0.1, -0.05) is 34.2 Å². The van der Waals surface area contributed by atoms with Crippen molar-refractivity contribution < 1.29 is 13.2 Å². The number of sulfonamides is 1. The molecule has 0 radical (unpaired) electrons. The van der Waals surface area contributed by atoms with Crippen LogP contribution in [0.2, 0.25) is 0 Å². The van der Waals surface area contributed by atoms with Gasteiger partial charge in [-0.2, -0.15) is 0 Å². The number of benzene rings is 1. The number of carbonyl (C=O) groups excluding carboxylic acids is 1. The SMILES string of the molecule is Cc1ccc(CS(=O)(=O)N=C=O)cc1. The Bertz CT molecular complexity index is 455. The molecule has 0 heterocycles. The predicted octanol–water partition coefficient (Wildman–Crippen LogP) is 1.16. The summed E-state index contributed by atoms with van der Waals surface area (Å²) in [4.78, 5) is 9.79. The van der Waals surface area contributed by atoms with E-state index in [9.17, 15) is 13.2 Å². The molecule has 0 unspecified atom stereocenters. The largest absolute Gasteiger partial charge is 0.267 e. The second-order valence-electron chi connectivity index (χ2n) is 2.89. The fourth-order valence-corrected chi connectivity index (χ4v) is 1.78. The summed E-state index contributed by atoms with van der Waals surface area (Å²) in [5, 5.41) is 0. The summed E-state index contributed by atoms with van der Waals surface area (Å²) in [6.07, 6.45) is 1.03. The normalized spacial score (nSPS) is 10.6. The van der Waals surface area contributed by atoms with E-state index in [1.165, 1.54) is 0 Å². The minimum atomic E-state index is -3.70. The van der Waals surface area contributed by atoms with E-state index in [-0.39, 0.29) is 5.75 Å². The first kappa shape index (κ1) is 10.6. The zero-order chi connectivity index (χ0) is 10.6. The molecule has 0 N–H and O–H groups in total. The number of isocyanates is 1. The van der Waals surface area contributed by atoms with Crippen molar-refractivity contribution in [2.45, 2.75) is 12.7 Å². The summed E-state index contributed by atoms with van der Waals surface area (Å²) < 4.78 is 24.9. The number of hydrogen-bond acceptors (Lipinski definition) is 3. The van der Waals surface area contributed by atoms with E-state index in [0.29, 0.717) is 5.56 Å². The zero-order valence-electron chi connectivity index (χ0n) is 7.60. The van der Waals surface area contributed by atoms with Crippen molar-refractivity contribution in [2.75, 3.05) is 0 Å². The highest BCUT2D eigenvalue weighted by Crippen LogP contribution is 2.08. The maximum Gasteiger partial charge on any atom is 0.267 e. The molecule has 4 nitrogen and oxygen atoms in total. The van der Waals surface area contributed by atoms with Gasteiger partial charge in [-0.15, -0.1) is 0 Å². The molecular formula is C9H9NO3S. The Kier molecular flexibility index (Phi) is 3.17. The maximum absolute atomic E-state index is 11.1. The number of hydrogen-bond donors (Lipinski definition) is 0. The molecular weight excluding hydrogens is 202 g/mol. The molecule has 0 amide bonds. The molecule has 0 aliphatic heterocycles. The Labute approximate surface area is 82.3 Å². The molecule has 0 saturated carbocycles. The van der Waals surface area contributed by atoms with Crippen molar-refractivity contribution in [3.63, 3.8) is 0 Å². The van der Waals surface area contributed by atoms with Crippen LogP contribution in [0.4, 0.5) is 0 Å². The van der Waals surface area contributed by atoms with Gasteiger partial charge >= 0.3 is 0 Å². The number of nitrogens with zero attached hydrogens (tertiary/aromatic N) is 1. The van der Waals surface area contributed by atoms with Crippen LogP contribution in [-0.4, -0.2) is 14.5 Å².